The van der Waals surface area contributed by atoms with Gasteiger partial charge in [-0.3, -0.25) is 9.59 Å². The quantitative estimate of drug-likeness (QED) is 0.912. The molecule has 2 aromatic rings. The smallest absolute Gasteiger partial charge is 0.368 e. The number of amides is 2. The molecule has 7 heteroatoms. The van der Waals surface area contributed by atoms with Crippen LogP contribution in [0.25, 0.3) is 0 Å². The van der Waals surface area contributed by atoms with Gasteiger partial charge in [0, 0.05) is 5.69 Å². The zero-order valence-corrected chi connectivity index (χ0v) is 12.6. The summed E-state index contributed by atoms with van der Waals surface area (Å²) in [5.41, 5.74) is 5.00. The zero-order valence-electron chi connectivity index (χ0n) is 12.6. The number of carbonyl (C=O) groups excluding carboxylic acids is 2. The summed E-state index contributed by atoms with van der Waals surface area (Å²) in [5.74, 6) is -1.23. The highest BCUT2D eigenvalue weighted by Crippen LogP contribution is 2.29. The van der Waals surface area contributed by atoms with E-state index in [1.54, 1.807) is 30.3 Å². The average Bonchev–Trinajstić information content (AvgIpc) is 2.52. The van der Waals surface area contributed by atoms with E-state index in [2.05, 4.69) is 0 Å². The van der Waals surface area contributed by atoms with E-state index in [1.165, 1.54) is 12.1 Å². The molecule has 2 aromatic carbocycles. The maximum Gasteiger partial charge on any atom is 0.416 e. The fourth-order valence-electron chi connectivity index (χ4n) is 2.21. The first-order valence-corrected chi connectivity index (χ1v) is 7.07. The molecule has 126 valence electrons. The number of alkyl halides is 3. The van der Waals surface area contributed by atoms with Crippen molar-refractivity contribution in [2.75, 3.05) is 11.4 Å². The van der Waals surface area contributed by atoms with Crippen LogP contribution in [-0.4, -0.2) is 18.4 Å². The first-order chi connectivity index (χ1) is 11.3. The lowest BCUT2D eigenvalue weighted by molar-refractivity contribution is -0.137. The van der Waals surface area contributed by atoms with E-state index in [4.69, 9.17) is 5.73 Å². The Morgan fingerprint density at radius 1 is 1.00 bits per heavy atom. The van der Waals surface area contributed by atoms with Gasteiger partial charge in [-0.1, -0.05) is 36.4 Å². The van der Waals surface area contributed by atoms with Crippen LogP contribution in [-0.2, 0) is 22.2 Å². The second-order valence-corrected chi connectivity index (χ2v) is 5.16. The number of nitrogens with two attached hydrogens (primary N) is 1. The van der Waals surface area contributed by atoms with Gasteiger partial charge < -0.3 is 10.6 Å². The predicted octanol–water partition coefficient (Wildman–Crippen LogP) is 2.77. The first kappa shape index (κ1) is 17.5. The molecule has 0 bridgehead atoms. The van der Waals surface area contributed by atoms with Gasteiger partial charge in [0.15, 0.2) is 0 Å². The van der Waals surface area contributed by atoms with Crippen LogP contribution in [0, 0.1) is 0 Å². The first-order valence-electron chi connectivity index (χ1n) is 7.07. The minimum atomic E-state index is -4.48. The maximum atomic E-state index is 12.7. The van der Waals surface area contributed by atoms with Crippen LogP contribution < -0.4 is 10.6 Å². The van der Waals surface area contributed by atoms with Crippen molar-refractivity contribution in [1.29, 1.82) is 0 Å². The number of nitrogens with zero attached hydrogens (tertiary/aromatic N) is 1. The molecule has 0 saturated carbocycles. The molecule has 2 N–H and O–H groups in total. The normalized spacial score (nSPS) is 11.1. The number of hydrogen-bond acceptors (Lipinski definition) is 2. The van der Waals surface area contributed by atoms with Gasteiger partial charge in [-0.2, -0.15) is 13.2 Å². The van der Waals surface area contributed by atoms with Crippen molar-refractivity contribution in [3.63, 3.8) is 0 Å². The lowest BCUT2D eigenvalue weighted by atomic mass is 10.1. The SMILES string of the molecule is NC(=O)CN(C(=O)Cc1cccc(C(F)(F)F)c1)c1ccccc1. The van der Waals surface area contributed by atoms with Crippen LogP contribution in [0.15, 0.2) is 54.6 Å². The van der Waals surface area contributed by atoms with E-state index in [1.807, 2.05) is 0 Å². The van der Waals surface area contributed by atoms with Crippen LogP contribution in [0.2, 0.25) is 0 Å². The van der Waals surface area contributed by atoms with Gasteiger partial charge in [0.1, 0.15) is 6.54 Å². The van der Waals surface area contributed by atoms with E-state index in [-0.39, 0.29) is 18.5 Å². The monoisotopic (exact) mass is 336 g/mol. The molecule has 0 heterocycles. The van der Waals surface area contributed by atoms with Crippen LogP contribution in [0.1, 0.15) is 11.1 Å². The lowest BCUT2D eigenvalue weighted by Crippen LogP contribution is -2.39. The molecule has 0 spiro atoms. The largest absolute Gasteiger partial charge is 0.416 e. The highest BCUT2D eigenvalue weighted by Gasteiger charge is 2.30. The molecule has 0 aromatic heterocycles. The zero-order chi connectivity index (χ0) is 17.7. The summed E-state index contributed by atoms with van der Waals surface area (Å²) in [5, 5.41) is 0. The van der Waals surface area contributed by atoms with E-state index < -0.39 is 23.6 Å². The molecule has 4 nitrogen and oxygen atoms in total. The van der Waals surface area contributed by atoms with Crippen molar-refractivity contribution in [2.24, 2.45) is 5.73 Å². The Kier molecular flexibility index (Phi) is 5.23. The van der Waals surface area contributed by atoms with Crippen molar-refractivity contribution in [3.8, 4) is 0 Å². The van der Waals surface area contributed by atoms with Crippen LogP contribution >= 0.6 is 0 Å². The van der Waals surface area contributed by atoms with Gasteiger partial charge in [-0.25, -0.2) is 0 Å². The molecule has 0 fully saturated rings. The maximum absolute atomic E-state index is 12.7. The van der Waals surface area contributed by atoms with Crippen molar-refractivity contribution in [2.45, 2.75) is 12.6 Å². The molecule has 0 radical (unpaired) electrons. The number of primary amides is 1. The van der Waals surface area contributed by atoms with Gasteiger partial charge in [-0.05, 0) is 23.8 Å². The van der Waals surface area contributed by atoms with Crippen molar-refractivity contribution in [3.05, 3.63) is 65.7 Å². The highest BCUT2D eigenvalue weighted by atomic mass is 19.4. The van der Waals surface area contributed by atoms with Gasteiger partial charge in [0.05, 0.1) is 12.0 Å². The van der Waals surface area contributed by atoms with E-state index in [0.29, 0.717) is 5.69 Å². The molecule has 0 aliphatic rings. The third-order valence-corrected chi connectivity index (χ3v) is 3.29. The highest BCUT2D eigenvalue weighted by molar-refractivity contribution is 5.99. The second kappa shape index (κ2) is 7.16. The summed E-state index contributed by atoms with van der Waals surface area (Å²) < 4.78 is 38.2. The fourth-order valence-corrected chi connectivity index (χ4v) is 2.21. The minimum Gasteiger partial charge on any atom is -0.368 e. The van der Waals surface area contributed by atoms with Crippen molar-refractivity contribution in [1.82, 2.24) is 0 Å². The number of rotatable bonds is 5. The van der Waals surface area contributed by atoms with Crippen LogP contribution in [0.3, 0.4) is 0 Å². The summed E-state index contributed by atoms with van der Waals surface area (Å²) in [4.78, 5) is 24.8. The van der Waals surface area contributed by atoms with E-state index >= 15 is 0 Å². The average molecular weight is 336 g/mol. The molecular weight excluding hydrogens is 321 g/mol. The van der Waals surface area contributed by atoms with Gasteiger partial charge in [-0.15, -0.1) is 0 Å². The molecule has 24 heavy (non-hydrogen) atoms. The predicted molar refractivity (Wildman–Crippen MR) is 83.1 cm³/mol. The number of halogens is 3. The third-order valence-electron chi connectivity index (χ3n) is 3.29. The minimum absolute atomic E-state index is 0.209. The molecule has 0 atom stereocenters. The van der Waals surface area contributed by atoms with Gasteiger partial charge in [0.2, 0.25) is 11.8 Å². The lowest BCUT2D eigenvalue weighted by Gasteiger charge is -2.21. The summed E-state index contributed by atoms with van der Waals surface area (Å²) in [6.07, 6.45) is -4.75. The molecule has 0 saturated heterocycles. The fraction of sp³-hybridized carbons (Fsp3) is 0.176. The van der Waals surface area contributed by atoms with E-state index in [9.17, 15) is 22.8 Å². The van der Waals surface area contributed by atoms with Crippen LogP contribution in [0.5, 0.6) is 0 Å². The van der Waals surface area contributed by atoms with E-state index in [0.717, 1.165) is 17.0 Å². The molecule has 0 aliphatic carbocycles. The summed E-state index contributed by atoms with van der Waals surface area (Å²) in [6.45, 7) is -0.345. The number of anilines is 1. The van der Waals surface area contributed by atoms with Gasteiger partial charge >= 0.3 is 6.18 Å². The Labute approximate surface area is 136 Å². The molecule has 0 unspecified atom stereocenters. The van der Waals surface area contributed by atoms with Crippen molar-refractivity contribution < 1.29 is 22.8 Å². The van der Waals surface area contributed by atoms with Crippen LogP contribution in [0.4, 0.5) is 18.9 Å². The second-order valence-electron chi connectivity index (χ2n) is 5.16. The molecule has 2 amide bonds. The Bertz CT molecular complexity index is 730. The number of benzene rings is 2. The Hall–Kier alpha value is -2.83. The topological polar surface area (TPSA) is 63.4 Å². The Balaban J connectivity index is 2.23. The van der Waals surface area contributed by atoms with Crippen molar-refractivity contribution >= 4 is 17.5 Å². The summed E-state index contributed by atoms with van der Waals surface area (Å²) in [6, 6.07) is 12.9. The Morgan fingerprint density at radius 3 is 2.25 bits per heavy atom. The number of para-hydroxylation sites is 1. The number of hydrogen-bond donors (Lipinski definition) is 1. The molecular formula is C17H15F3N2O2. The standard InChI is InChI=1S/C17H15F3N2O2/c18-17(19,20)13-6-4-5-12(9-13)10-16(24)22(11-15(21)23)14-7-2-1-3-8-14/h1-9H,10-11H2,(H2,21,23). The molecule has 0 aliphatic heterocycles. The summed E-state index contributed by atoms with van der Waals surface area (Å²) in [7, 11) is 0. The third kappa shape index (κ3) is 4.58. The number of carbonyl (C=O) groups is 2. The van der Waals surface area contributed by atoms with Gasteiger partial charge in [0.25, 0.3) is 0 Å². The summed E-state index contributed by atoms with van der Waals surface area (Å²) >= 11 is 0. The molecule has 2 rings (SSSR count). The Morgan fingerprint density at radius 2 is 1.67 bits per heavy atom.